The minimum Gasteiger partial charge on any atom is -0.480 e. The Balaban J connectivity index is 1.86. The van der Waals surface area contributed by atoms with Gasteiger partial charge in [-0.05, 0) is 66.6 Å². The van der Waals surface area contributed by atoms with Gasteiger partial charge in [-0.1, -0.05) is 0 Å². The number of aliphatic carboxylic acids is 1. The first-order valence-electron chi connectivity index (χ1n) is 9.61. The Hall–Kier alpha value is -3.59. The van der Waals surface area contributed by atoms with Crippen molar-refractivity contribution in [2.75, 3.05) is 0 Å². The first-order valence-corrected chi connectivity index (χ1v) is 11.1. The topological polar surface area (TPSA) is 89.3 Å². The van der Waals surface area contributed by atoms with Crippen molar-refractivity contribution in [3.8, 4) is 0 Å². The van der Waals surface area contributed by atoms with Gasteiger partial charge in [0.05, 0.1) is 9.79 Å². The molecule has 9 heteroatoms. The Kier molecular flexibility index (Phi) is 5.52. The molecule has 0 radical (unpaired) electrons. The SMILES string of the molecule is Cc1c(Cc2ccncc2S(=O)(=O)c2ccc(F)cc2)c2cc(F)ccc2n1CC(=O)O. The third-order valence-corrected chi connectivity index (χ3v) is 7.20. The Bertz CT molecular complexity index is 1450. The van der Waals surface area contributed by atoms with E-state index in [0.717, 1.165) is 12.1 Å². The Morgan fingerprint density at radius 1 is 1.06 bits per heavy atom. The van der Waals surface area contributed by atoms with Crippen molar-refractivity contribution in [1.29, 1.82) is 0 Å². The standard InChI is InChI=1S/C23H18F2N2O4S/c1-14-19(20-11-17(25)4-7-21(20)27(14)13-23(28)29)10-15-8-9-26-12-22(15)32(30,31)18-5-2-16(24)3-6-18/h2-9,11-12H,10,13H2,1H3,(H,28,29). The molecule has 2 aromatic heterocycles. The molecule has 0 aliphatic carbocycles. The lowest BCUT2D eigenvalue weighted by molar-refractivity contribution is -0.137. The second-order valence-corrected chi connectivity index (χ2v) is 9.24. The minimum atomic E-state index is -4.00. The number of carboxylic acids is 1. The number of pyridine rings is 1. The highest BCUT2D eigenvalue weighted by molar-refractivity contribution is 7.91. The summed E-state index contributed by atoms with van der Waals surface area (Å²) in [6, 6.07) is 10.1. The van der Waals surface area contributed by atoms with Gasteiger partial charge >= 0.3 is 5.97 Å². The van der Waals surface area contributed by atoms with Gasteiger partial charge in [0, 0.05) is 35.4 Å². The molecule has 164 valence electrons. The van der Waals surface area contributed by atoms with Crippen LogP contribution in [-0.2, 0) is 27.6 Å². The average molecular weight is 456 g/mol. The van der Waals surface area contributed by atoms with Crippen molar-refractivity contribution in [2.24, 2.45) is 0 Å². The summed E-state index contributed by atoms with van der Waals surface area (Å²) in [7, 11) is -4.00. The molecule has 6 nitrogen and oxygen atoms in total. The maximum absolute atomic E-state index is 14.0. The van der Waals surface area contributed by atoms with Crippen molar-refractivity contribution < 1.29 is 27.1 Å². The zero-order chi connectivity index (χ0) is 23.0. The number of aromatic nitrogens is 2. The van der Waals surface area contributed by atoms with E-state index in [0.29, 0.717) is 27.7 Å². The van der Waals surface area contributed by atoms with E-state index in [4.69, 9.17) is 0 Å². The van der Waals surface area contributed by atoms with Crippen LogP contribution < -0.4 is 0 Å². The predicted octanol–water partition coefficient (Wildman–Crippen LogP) is 4.13. The molecule has 4 rings (SSSR count). The zero-order valence-corrected chi connectivity index (χ0v) is 17.7. The van der Waals surface area contributed by atoms with E-state index in [1.54, 1.807) is 17.6 Å². The summed E-state index contributed by atoms with van der Waals surface area (Å²) in [6.07, 6.45) is 2.78. The van der Waals surface area contributed by atoms with E-state index in [-0.39, 0.29) is 22.8 Å². The Labute approximate surface area is 182 Å². The van der Waals surface area contributed by atoms with Crippen LogP contribution in [0.3, 0.4) is 0 Å². The summed E-state index contributed by atoms with van der Waals surface area (Å²) >= 11 is 0. The van der Waals surface area contributed by atoms with E-state index < -0.39 is 27.4 Å². The quantitative estimate of drug-likeness (QED) is 0.441. The predicted molar refractivity (Wildman–Crippen MR) is 113 cm³/mol. The number of halogens is 2. The molecule has 0 saturated carbocycles. The van der Waals surface area contributed by atoms with Crippen LogP contribution in [0, 0.1) is 18.6 Å². The van der Waals surface area contributed by atoms with E-state index >= 15 is 0 Å². The first-order chi connectivity index (χ1) is 15.2. The molecule has 0 aliphatic rings. The smallest absolute Gasteiger partial charge is 0.323 e. The van der Waals surface area contributed by atoms with Crippen LogP contribution in [-0.4, -0.2) is 29.0 Å². The molecule has 0 spiro atoms. The van der Waals surface area contributed by atoms with Gasteiger partial charge in [-0.3, -0.25) is 9.78 Å². The number of carbonyl (C=O) groups is 1. The van der Waals surface area contributed by atoms with Crippen molar-refractivity contribution >= 4 is 26.7 Å². The van der Waals surface area contributed by atoms with Crippen LogP contribution >= 0.6 is 0 Å². The van der Waals surface area contributed by atoms with Gasteiger partial charge in [0.25, 0.3) is 0 Å². The molecule has 0 amide bonds. The summed E-state index contributed by atoms with van der Waals surface area (Å²) in [5.41, 5.74) is 2.15. The van der Waals surface area contributed by atoms with Gasteiger partial charge in [0.1, 0.15) is 18.2 Å². The van der Waals surface area contributed by atoms with Gasteiger partial charge in [-0.2, -0.15) is 0 Å². The highest BCUT2D eigenvalue weighted by Gasteiger charge is 2.24. The lowest BCUT2D eigenvalue weighted by Crippen LogP contribution is -2.10. The largest absolute Gasteiger partial charge is 0.480 e. The van der Waals surface area contributed by atoms with Crippen LogP contribution in [0.15, 0.2) is 70.7 Å². The van der Waals surface area contributed by atoms with Gasteiger partial charge in [0.2, 0.25) is 9.84 Å². The van der Waals surface area contributed by atoms with Crippen LogP contribution in [0.25, 0.3) is 10.9 Å². The van der Waals surface area contributed by atoms with Crippen LogP contribution in [0.5, 0.6) is 0 Å². The first kappa shape index (κ1) is 21.6. The van der Waals surface area contributed by atoms with E-state index in [9.17, 15) is 27.1 Å². The fourth-order valence-corrected chi connectivity index (χ4v) is 5.25. The highest BCUT2D eigenvalue weighted by Crippen LogP contribution is 2.32. The molecule has 2 aromatic carbocycles. The zero-order valence-electron chi connectivity index (χ0n) is 16.9. The number of hydrogen-bond acceptors (Lipinski definition) is 4. The number of carboxylic acid groups (broad SMARTS) is 1. The van der Waals surface area contributed by atoms with Gasteiger partial charge in [0.15, 0.2) is 0 Å². The molecular weight excluding hydrogens is 438 g/mol. The van der Waals surface area contributed by atoms with Gasteiger partial charge < -0.3 is 9.67 Å². The van der Waals surface area contributed by atoms with E-state index in [1.165, 1.54) is 42.7 Å². The molecule has 0 fully saturated rings. The maximum atomic E-state index is 14.0. The second kappa shape index (κ2) is 8.16. The van der Waals surface area contributed by atoms with Crippen molar-refractivity contribution in [1.82, 2.24) is 9.55 Å². The second-order valence-electron chi connectivity index (χ2n) is 7.32. The van der Waals surface area contributed by atoms with Gasteiger partial charge in [-0.15, -0.1) is 0 Å². The number of benzene rings is 2. The minimum absolute atomic E-state index is 0.0541. The van der Waals surface area contributed by atoms with Crippen molar-refractivity contribution in [3.05, 3.63) is 89.4 Å². The normalized spacial score (nSPS) is 11.7. The fraction of sp³-hybridized carbons (Fsp3) is 0.130. The third-order valence-electron chi connectivity index (χ3n) is 5.36. The highest BCUT2D eigenvalue weighted by atomic mass is 32.2. The summed E-state index contributed by atoms with van der Waals surface area (Å²) in [5.74, 6) is -2.09. The molecule has 0 unspecified atom stereocenters. The van der Waals surface area contributed by atoms with Crippen molar-refractivity contribution in [2.45, 2.75) is 29.7 Å². The van der Waals surface area contributed by atoms with E-state index in [2.05, 4.69) is 4.98 Å². The Morgan fingerprint density at radius 3 is 2.44 bits per heavy atom. The van der Waals surface area contributed by atoms with Crippen LogP contribution in [0.4, 0.5) is 8.78 Å². The Morgan fingerprint density at radius 2 is 1.75 bits per heavy atom. The summed E-state index contributed by atoms with van der Waals surface area (Å²) in [4.78, 5) is 15.2. The molecule has 4 aromatic rings. The molecule has 2 heterocycles. The maximum Gasteiger partial charge on any atom is 0.323 e. The number of rotatable bonds is 6. The molecule has 1 N–H and O–H groups in total. The fourth-order valence-electron chi connectivity index (χ4n) is 3.81. The lowest BCUT2D eigenvalue weighted by atomic mass is 10.0. The van der Waals surface area contributed by atoms with E-state index in [1.807, 2.05) is 0 Å². The van der Waals surface area contributed by atoms with Crippen LogP contribution in [0.2, 0.25) is 0 Å². The average Bonchev–Trinajstić information content (AvgIpc) is 2.99. The summed E-state index contributed by atoms with van der Waals surface area (Å²) in [5, 5.41) is 9.80. The van der Waals surface area contributed by atoms with Gasteiger partial charge in [-0.25, -0.2) is 17.2 Å². The summed E-state index contributed by atoms with van der Waals surface area (Å²) < 4.78 is 55.3. The molecule has 0 aliphatic heterocycles. The molecular formula is C23H18F2N2O4S. The molecule has 0 saturated heterocycles. The molecule has 0 bridgehead atoms. The summed E-state index contributed by atoms with van der Waals surface area (Å²) in [6.45, 7) is 1.40. The number of fused-ring (bicyclic) bond motifs is 1. The number of nitrogens with zero attached hydrogens (tertiary/aromatic N) is 2. The van der Waals surface area contributed by atoms with Crippen molar-refractivity contribution in [3.63, 3.8) is 0 Å². The number of sulfone groups is 1. The molecule has 0 atom stereocenters. The monoisotopic (exact) mass is 456 g/mol. The third kappa shape index (κ3) is 3.87. The lowest BCUT2D eigenvalue weighted by Gasteiger charge is -2.11. The molecule has 32 heavy (non-hydrogen) atoms. The van der Waals surface area contributed by atoms with Crippen LogP contribution in [0.1, 0.15) is 16.8 Å². The number of hydrogen-bond donors (Lipinski definition) is 1.